The molecule has 0 bridgehead atoms. The summed E-state index contributed by atoms with van der Waals surface area (Å²) in [6, 6.07) is 12.4. The average molecular weight is 908 g/mol. The van der Waals surface area contributed by atoms with E-state index in [1.54, 1.807) is 9.80 Å². The standard InChI is InChI=1S/C49H59F2N9O6/c1-25(2)42(56-48(63)65-5)46(61)58-19-7-9-39(58)44-52-33-15-13-28(21-35(33)54-44)37-17-18-38(60(37)30-23-31(50)41(27-11-12-27)32(51)24-30)29-14-16-34-36(22-29)55-45(53-34)40-10-8-20-59(40)47(62)43(26(3)4)57-49(64)66-6/h13-16,21-27,37-40,42-43H,7-12,17-20H2,1-6H3,(H,52,54)(H,53,55)(H,56,63)(H,57,64)/t37-,38-,39+,40+,42+,43+/m1/s1. The van der Waals surface area contributed by atoms with E-state index in [1.165, 1.54) is 26.4 Å². The van der Waals surface area contributed by atoms with Crippen molar-refractivity contribution in [1.29, 1.82) is 0 Å². The molecule has 3 saturated heterocycles. The number of rotatable bonds is 12. The van der Waals surface area contributed by atoms with Gasteiger partial charge in [0.15, 0.2) is 0 Å². The van der Waals surface area contributed by atoms with E-state index < -0.39 is 35.9 Å². The highest BCUT2D eigenvalue weighted by Gasteiger charge is 2.41. The van der Waals surface area contributed by atoms with Crippen molar-refractivity contribution in [1.82, 2.24) is 40.4 Å². The Morgan fingerprint density at radius 1 is 0.636 bits per heavy atom. The number of fused-ring (bicyclic) bond motifs is 2. The normalized spacial score (nSPS) is 21.9. The van der Waals surface area contributed by atoms with E-state index in [2.05, 4.69) is 37.6 Å². The number of halogens is 2. The Bertz CT molecular complexity index is 2490. The molecule has 6 atom stereocenters. The molecule has 0 unspecified atom stereocenters. The van der Waals surface area contributed by atoms with Gasteiger partial charge in [0, 0.05) is 24.3 Å². The van der Waals surface area contributed by atoms with Gasteiger partial charge in [0.1, 0.15) is 35.4 Å². The van der Waals surface area contributed by atoms with Crippen molar-refractivity contribution >= 4 is 51.8 Å². The van der Waals surface area contributed by atoms with E-state index in [-0.39, 0.29) is 59.3 Å². The lowest BCUT2D eigenvalue weighted by molar-refractivity contribution is -0.136. The minimum absolute atomic E-state index is 0.101. The molecule has 0 spiro atoms. The number of aromatic nitrogens is 4. The zero-order valence-corrected chi connectivity index (χ0v) is 38.3. The molecule has 5 heterocycles. The average Bonchev–Trinajstić information content (AvgIpc) is 3.86. The van der Waals surface area contributed by atoms with Gasteiger partial charge in [-0.15, -0.1) is 0 Å². The third-order valence-corrected chi connectivity index (χ3v) is 14.0. The van der Waals surface area contributed by atoms with Crippen molar-refractivity contribution in [3.05, 3.63) is 88.5 Å². The predicted molar refractivity (Wildman–Crippen MR) is 243 cm³/mol. The van der Waals surface area contributed by atoms with Crippen LogP contribution in [0.25, 0.3) is 22.1 Å². The fraction of sp³-hybridized carbons (Fsp3) is 0.510. The number of H-pyrrole nitrogens is 2. The molecule has 66 heavy (non-hydrogen) atoms. The smallest absolute Gasteiger partial charge is 0.407 e. The van der Waals surface area contributed by atoms with Crippen LogP contribution in [0.5, 0.6) is 0 Å². The number of alkyl carbamates (subject to hydrolysis) is 2. The molecule has 1 saturated carbocycles. The Balaban J connectivity index is 1.02. The number of imidazole rings is 2. The molecule has 0 radical (unpaired) electrons. The molecule has 5 aromatic rings. The summed E-state index contributed by atoms with van der Waals surface area (Å²) >= 11 is 0. The maximum atomic E-state index is 16.0. The third kappa shape index (κ3) is 8.52. The van der Waals surface area contributed by atoms with Gasteiger partial charge < -0.3 is 44.8 Å². The van der Waals surface area contributed by atoms with Crippen molar-refractivity contribution in [2.24, 2.45) is 11.8 Å². The molecule has 9 rings (SSSR count). The van der Waals surface area contributed by atoms with Crippen molar-refractivity contribution in [3.8, 4) is 0 Å². The van der Waals surface area contributed by atoms with Crippen LogP contribution in [-0.4, -0.2) is 93.1 Å². The molecule has 2 aromatic heterocycles. The lowest BCUT2D eigenvalue weighted by Crippen LogP contribution is -2.51. The second-order valence-electron chi connectivity index (χ2n) is 19.0. The van der Waals surface area contributed by atoms with Crippen molar-refractivity contribution in [2.45, 2.75) is 121 Å². The third-order valence-electron chi connectivity index (χ3n) is 14.0. The molecule has 350 valence electrons. The second kappa shape index (κ2) is 18.2. The van der Waals surface area contributed by atoms with Crippen molar-refractivity contribution < 1.29 is 37.4 Å². The molecule has 4 N–H and O–H groups in total. The van der Waals surface area contributed by atoms with Gasteiger partial charge in [-0.1, -0.05) is 39.8 Å². The number of hydrogen-bond donors (Lipinski definition) is 4. The first-order valence-electron chi connectivity index (χ1n) is 23.3. The van der Waals surface area contributed by atoms with Gasteiger partial charge in [0.05, 0.1) is 60.5 Å². The van der Waals surface area contributed by atoms with E-state index >= 15 is 8.78 Å². The fourth-order valence-corrected chi connectivity index (χ4v) is 10.5. The van der Waals surface area contributed by atoms with Crippen molar-refractivity contribution in [3.63, 3.8) is 0 Å². The summed E-state index contributed by atoms with van der Waals surface area (Å²) in [6.07, 6.45) is 4.59. The predicted octanol–water partition coefficient (Wildman–Crippen LogP) is 8.77. The van der Waals surface area contributed by atoms with Gasteiger partial charge in [-0.05, 0) is 117 Å². The Morgan fingerprint density at radius 2 is 1.08 bits per heavy atom. The second-order valence-corrected chi connectivity index (χ2v) is 19.0. The fourth-order valence-electron chi connectivity index (χ4n) is 10.5. The van der Waals surface area contributed by atoms with E-state index in [0.29, 0.717) is 56.1 Å². The number of anilines is 1. The minimum Gasteiger partial charge on any atom is -0.453 e. The number of carbonyl (C=O) groups excluding carboxylic acids is 4. The quantitative estimate of drug-likeness (QED) is 0.0953. The van der Waals surface area contributed by atoms with E-state index in [9.17, 15) is 19.2 Å². The summed E-state index contributed by atoms with van der Waals surface area (Å²) in [7, 11) is 2.55. The number of hydrogen-bond acceptors (Lipinski definition) is 9. The van der Waals surface area contributed by atoms with Crippen LogP contribution in [0.2, 0.25) is 0 Å². The first kappa shape index (κ1) is 44.9. The van der Waals surface area contributed by atoms with Crippen molar-refractivity contribution in [2.75, 3.05) is 32.2 Å². The van der Waals surface area contributed by atoms with Crippen LogP contribution in [-0.2, 0) is 19.1 Å². The molecule has 4 fully saturated rings. The Hall–Kier alpha value is -6.26. The van der Waals surface area contributed by atoms with Crippen LogP contribution in [0, 0.1) is 23.5 Å². The van der Waals surface area contributed by atoms with E-state index in [1.807, 2.05) is 52.0 Å². The van der Waals surface area contributed by atoms with Gasteiger partial charge >= 0.3 is 12.2 Å². The summed E-state index contributed by atoms with van der Waals surface area (Å²) in [6.45, 7) is 8.59. The molecule has 4 amide bonds. The Morgan fingerprint density at radius 3 is 1.47 bits per heavy atom. The number of nitrogens with zero attached hydrogens (tertiary/aromatic N) is 5. The van der Waals surface area contributed by atoms with Crippen LogP contribution in [0.4, 0.5) is 24.1 Å². The molecule has 3 aromatic carbocycles. The highest BCUT2D eigenvalue weighted by molar-refractivity contribution is 5.87. The number of ether oxygens (including phenoxy) is 2. The number of likely N-dealkylation sites (tertiary alicyclic amines) is 2. The van der Waals surface area contributed by atoms with Gasteiger partial charge in [-0.3, -0.25) is 9.59 Å². The lowest BCUT2D eigenvalue weighted by Gasteiger charge is -2.33. The van der Waals surface area contributed by atoms with Gasteiger partial charge in [0.25, 0.3) is 0 Å². The summed E-state index contributed by atoms with van der Waals surface area (Å²) < 4.78 is 41.5. The van der Waals surface area contributed by atoms with Gasteiger partial charge in [0.2, 0.25) is 11.8 Å². The van der Waals surface area contributed by atoms with E-state index in [0.717, 1.165) is 58.9 Å². The van der Waals surface area contributed by atoms with Crippen LogP contribution < -0.4 is 15.5 Å². The zero-order valence-electron chi connectivity index (χ0n) is 38.3. The maximum Gasteiger partial charge on any atom is 0.407 e. The van der Waals surface area contributed by atoms with Crippen LogP contribution in [0.15, 0.2) is 48.5 Å². The number of benzene rings is 3. The monoisotopic (exact) mass is 907 g/mol. The minimum atomic E-state index is -0.756. The molecule has 15 nitrogen and oxygen atoms in total. The van der Waals surface area contributed by atoms with Crippen LogP contribution >= 0.6 is 0 Å². The number of amides is 4. The summed E-state index contributed by atoms with van der Waals surface area (Å²) in [4.78, 5) is 74.7. The Kier molecular flexibility index (Phi) is 12.4. The lowest BCUT2D eigenvalue weighted by atomic mass is 10.0. The molecule has 1 aliphatic carbocycles. The summed E-state index contributed by atoms with van der Waals surface area (Å²) in [5.41, 5.74) is 5.55. The topological polar surface area (TPSA) is 178 Å². The van der Waals surface area contributed by atoms with Gasteiger partial charge in [-0.25, -0.2) is 28.3 Å². The first-order valence-corrected chi connectivity index (χ1v) is 23.3. The summed E-state index contributed by atoms with van der Waals surface area (Å²) in [5.74, 6) is -0.566. The highest BCUT2D eigenvalue weighted by atomic mass is 19.1. The largest absolute Gasteiger partial charge is 0.453 e. The molecule has 3 aliphatic heterocycles. The Labute approximate surface area is 382 Å². The van der Waals surface area contributed by atoms with E-state index in [4.69, 9.17) is 19.4 Å². The highest BCUT2D eigenvalue weighted by Crippen LogP contribution is 2.50. The molecular formula is C49H59F2N9O6. The molecule has 4 aliphatic rings. The van der Waals surface area contributed by atoms with Crippen LogP contribution in [0.3, 0.4) is 0 Å². The summed E-state index contributed by atoms with van der Waals surface area (Å²) in [5, 5.41) is 5.41. The first-order chi connectivity index (χ1) is 31.7. The number of carbonyl (C=O) groups is 4. The zero-order chi connectivity index (χ0) is 46.6. The number of nitrogens with one attached hydrogen (secondary N) is 4. The SMILES string of the molecule is COC(=O)N[C@H](C(=O)N1CCC[C@H]1c1nc2ccc([C@H]3CC[C@H](c4ccc5nc([C@@H]6CCCN6C(=O)[C@@H](NC(=O)OC)C(C)C)[nH]c5c4)N3c3cc(F)c(C4CC4)c(F)c3)cc2[nH]1)C(C)C. The molecule has 17 heteroatoms. The van der Waals surface area contributed by atoms with Gasteiger partial charge in [-0.2, -0.15) is 0 Å². The number of aromatic amines is 2. The molecular weight excluding hydrogens is 849 g/mol. The number of methoxy groups -OCH3 is 2. The maximum absolute atomic E-state index is 16.0. The van der Waals surface area contributed by atoms with Crippen LogP contribution in [0.1, 0.15) is 137 Å².